The average Bonchev–Trinajstić information content (AvgIpc) is 3.31. The molecular weight excluding hydrogens is 288 g/mol. The van der Waals surface area contributed by atoms with E-state index in [1.807, 2.05) is 24.7 Å². The molecule has 0 spiro atoms. The van der Waals surface area contributed by atoms with Gasteiger partial charge in [-0.3, -0.25) is 9.88 Å². The third-order valence-corrected chi connectivity index (χ3v) is 4.67. The molecule has 5 heteroatoms. The topological polar surface area (TPSA) is 43.2 Å². The number of ether oxygens (including phenoxy) is 1. The van der Waals surface area contributed by atoms with Gasteiger partial charge in [0.15, 0.2) is 0 Å². The van der Waals surface area contributed by atoms with Gasteiger partial charge in [-0.15, -0.1) is 0 Å². The van der Waals surface area contributed by atoms with Crippen LogP contribution in [0.5, 0.6) is 0 Å². The Morgan fingerprint density at radius 1 is 1.13 bits per heavy atom. The van der Waals surface area contributed by atoms with E-state index in [0.717, 1.165) is 51.1 Å². The lowest BCUT2D eigenvalue weighted by Gasteiger charge is -2.23. The minimum Gasteiger partial charge on any atom is -0.381 e. The summed E-state index contributed by atoms with van der Waals surface area (Å²) >= 11 is 0. The van der Waals surface area contributed by atoms with Gasteiger partial charge in [0.05, 0.1) is 13.2 Å². The first-order valence-electron chi connectivity index (χ1n) is 8.56. The lowest BCUT2D eigenvalue weighted by atomic mass is 10.1. The fourth-order valence-corrected chi connectivity index (χ4v) is 3.29. The molecule has 1 unspecified atom stereocenters. The average molecular weight is 312 g/mol. The summed E-state index contributed by atoms with van der Waals surface area (Å²) in [5.41, 5.74) is 1.25. The molecule has 0 aromatic carbocycles. The van der Waals surface area contributed by atoms with Crippen molar-refractivity contribution in [3.05, 3.63) is 48.3 Å². The first kappa shape index (κ1) is 14.8. The number of pyridine rings is 1. The van der Waals surface area contributed by atoms with Crippen LogP contribution in [0.15, 0.2) is 36.9 Å². The molecule has 0 amide bonds. The van der Waals surface area contributed by atoms with Gasteiger partial charge < -0.3 is 9.30 Å². The Balaban J connectivity index is 1.42. The summed E-state index contributed by atoms with van der Waals surface area (Å²) in [7, 11) is 0. The quantitative estimate of drug-likeness (QED) is 0.821. The number of hydrogen-bond acceptors (Lipinski definition) is 4. The van der Waals surface area contributed by atoms with Gasteiger partial charge in [-0.05, 0) is 30.4 Å². The van der Waals surface area contributed by atoms with Crippen molar-refractivity contribution in [1.29, 1.82) is 0 Å². The molecule has 1 aliphatic carbocycles. The molecule has 5 nitrogen and oxygen atoms in total. The van der Waals surface area contributed by atoms with E-state index in [1.54, 1.807) is 0 Å². The highest BCUT2D eigenvalue weighted by molar-refractivity contribution is 5.09. The Hall–Kier alpha value is -1.72. The summed E-state index contributed by atoms with van der Waals surface area (Å²) in [6, 6.07) is 4.15. The summed E-state index contributed by atoms with van der Waals surface area (Å²) in [5.74, 6) is 2.50. The molecule has 0 saturated heterocycles. The zero-order valence-electron chi connectivity index (χ0n) is 13.5. The Labute approximate surface area is 137 Å². The second-order valence-electron chi connectivity index (χ2n) is 6.87. The number of aromatic nitrogens is 3. The van der Waals surface area contributed by atoms with Crippen LogP contribution in [0.25, 0.3) is 0 Å². The van der Waals surface area contributed by atoms with Gasteiger partial charge in [0.25, 0.3) is 0 Å². The fourth-order valence-electron chi connectivity index (χ4n) is 3.29. The van der Waals surface area contributed by atoms with Crippen molar-refractivity contribution in [2.24, 2.45) is 11.8 Å². The van der Waals surface area contributed by atoms with Crippen LogP contribution < -0.4 is 0 Å². The van der Waals surface area contributed by atoms with Gasteiger partial charge in [0.1, 0.15) is 5.82 Å². The molecule has 1 aliphatic heterocycles. The number of nitrogens with zero attached hydrogens (tertiary/aromatic N) is 4. The normalized spacial score (nSPS) is 21.8. The van der Waals surface area contributed by atoms with E-state index in [2.05, 4.69) is 31.7 Å². The lowest BCUT2D eigenvalue weighted by Crippen LogP contribution is -2.30. The van der Waals surface area contributed by atoms with Crippen LogP contribution in [-0.2, 0) is 24.4 Å². The van der Waals surface area contributed by atoms with Crippen molar-refractivity contribution in [3.63, 3.8) is 0 Å². The monoisotopic (exact) mass is 312 g/mol. The van der Waals surface area contributed by atoms with Gasteiger partial charge in [0, 0.05) is 56.9 Å². The van der Waals surface area contributed by atoms with Crippen LogP contribution in [0.2, 0.25) is 0 Å². The molecule has 1 fully saturated rings. The van der Waals surface area contributed by atoms with Crippen LogP contribution >= 0.6 is 0 Å². The fraction of sp³-hybridized carbons (Fsp3) is 0.556. The SMILES string of the molecule is c1cncc(CN2Cc3nccn3CC(COCC3CC3)C2)c1. The second kappa shape index (κ2) is 6.81. The molecule has 2 aromatic heterocycles. The Morgan fingerprint density at radius 3 is 2.87 bits per heavy atom. The number of hydrogen-bond donors (Lipinski definition) is 0. The maximum Gasteiger partial charge on any atom is 0.122 e. The molecule has 0 bridgehead atoms. The minimum absolute atomic E-state index is 0.515. The van der Waals surface area contributed by atoms with Crippen molar-refractivity contribution in [2.45, 2.75) is 32.5 Å². The number of fused-ring (bicyclic) bond motifs is 1. The van der Waals surface area contributed by atoms with Crippen LogP contribution in [-0.4, -0.2) is 39.2 Å². The van der Waals surface area contributed by atoms with Gasteiger partial charge in [-0.25, -0.2) is 4.98 Å². The molecule has 0 N–H and O–H groups in total. The molecule has 1 atom stereocenters. The van der Waals surface area contributed by atoms with E-state index in [-0.39, 0.29) is 0 Å². The van der Waals surface area contributed by atoms with Gasteiger partial charge in [0.2, 0.25) is 0 Å². The lowest BCUT2D eigenvalue weighted by molar-refractivity contribution is 0.0705. The van der Waals surface area contributed by atoms with Crippen molar-refractivity contribution in [3.8, 4) is 0 Å². The largest absolute Gasteiger partial charge is 0.381 e. The molecule has 122 valence electrons. The van der Waals surface area contributed by atoms with E-state index in [1.165, 1.54) is 18.4 Å². The molecule has 2 aliphatic rings. The van der Waals surface area contributed by atoms with E-state index in [0.29, 0.717) is 5.92 Å². The molecule has 1 saturated carbocycles. The summed E-state index contributed by atoms with van der Waals surface area (Å²) < 4.78 is 8.26. The number of imidazole rings is 1. The predicted molar refractivity (Wildman–Crippen MR) is 87.6 cm³/mol. The predicted octanol–water partition coefficient (Wildman–Crippen LogP) is 2.34. The first-order valence-corrected chi connectivity index (χ1v) is 8.56. The molecular formula is C18H24N4O. The molecule has 2 aromatic rings. The summed E-state index contributed by atoms with van der Waals surface area (Å²) in [6.45, 7) is 5.64. The van der Waals surface area contributed by atoms with E-state index < -0.39 is 0 Å². The Bertz CT molecular complexity index is 623. The standard InChI is InChI=1S/C18H24N4O/c1-2-16(8-19-5-1)9-21-10-17(14-23-13-15-3-4-15)11-22-7-6-20-18(22)12-21/h1-2,5-8,15,17H,3-4,9-14H2. The minimum atomic E-state index is 0.515. The highest BCUT2D eigenvalue weighted by Crippen LogP contribution is 2.29. The third kappa shape index (κ3) is 3.98. The van der Waals surface area contributed by atoms with Crippen molar-refractivity contribution < 1.29 is 4.74 Å². The highest BCUT2D eigenvalue weighted by atomic mass is 16.5. The Morgan fingerprint density at radius 2 is 2.04 bits per heavy atom. The van der Waals surface area contributed by atoms with Gasteiger partial charge in [-0.2, -0.15) is 0 Å². The maximum atomic E-state index is 5.97. The van der Waals surface area contributed by atoms with Crippen molar-refractivity contribution >= 4 is 0 Å². The zero-order valence-corrected chi connectivity index (χ0v) is 13.5. The molecule has 3 heterocycles. The van der Waals surface area contributed by atoms with Crippen LogP contribution in [0.4, 0.5) is 0 Å². The van der Waals surface area contributed by atoms with Crippen molar-refractivity contribution in [2.75, 3.05) is 19.8 Å². The van der Waals surface area contributed by atoms with Gasteiger partial charge >= 0.3 is 0 Å². The molecule has 4 rings (SSSR count). The summed E-state index contributed by atoms with van der Waals surface area (Å²) in [5, 5.41) is 0. The highest BCUT2D eigenvalue weighted by Gasteiger charge is 2.25. The zero-order chi connectivity index (χ0) is 15.5. The molecule has 23 heavy (non-hydrogen) atoms. The number of rotatable bonds is 6. The van der Waals surface area contributed by atoms with Crippen LogP contribution in [0.1, 0.15) is 24.2 Å². The van der Waals surface area contributed by atoms with Crippen LogP contribution in [0.3, 0.4) is 0 Å². The second-order valence-corrected chi connectivity index (χ2v) is 6.87. The third-order valence-electron chi connectivity index (χ3n) is 4.67. The van der Waals surface area contributed by atoms with Crippen LogP contribution in [0, 0.1) is 11.8 Å². The summed E-state index contributed by atoms with van der Waals surface area (Å²) in [6.07, 6.45) is 10.5. The van der Waals surface area contributed by atoms with Gasteiger partial charge in [-0.1, -0.05) is 6.07 Å². The van der Waals surface area contributed by atoms with E-state index >= 15 is 0 Å². The first-order chi connectivity index (χ1) is 11.4. The molecule has 0 radical (unpaired) electrons. The van der Waals surface area contributed by atoms with E-state index in [4.69, 9.17) is 4.74 Å². The maximum absolute atomic E-state index is 5.97. The van der Waals surface area contributed by atoms with Crippen molar-refractivity contribution in [1.82, 2.24) is 19.4 Å². The smallest absolute Gasteiger partial charge is 0.122 e. The summed E-state index contributed by atoms with van der Waals surface area (Å²) in [4.78, 5) is 11.2. The van der Waals surface area contributed by atoms with E-state index in [9.17, 15) is 0 Å². The Kier molecular flexibility index (Phi) is 4.39.